The highest BCUT2D eigenvalue weighted by Gasteiger charge is 2.22. The first-order valence-corrected chi connectivity index (χ1v) is 6.85. The van der Waals surface area contributed by atoms with Crippen molar-refractivity contribution in [2.24, 2.45) is 0 Å². The van der Waals surface area contributed by atoms with E-state index in [-0.39, 0.29) is 29.5 Å². The van der Waals surface area contributed by atoms with Gasteiger partial charge in [0, 0.05) is 11.8 Å². The largest absolute Gasteiger partial charge is 0.454 e. The lowest BCUT2D eigenvalue weighted by Gasteiger charge is -2.03. The molecule has 24 heavy (non-hydrogen) atoms. The van der Waals surface area contributed by atoms with E-state index in [0.29, 0.717) is 5.75 Å². The van der Waals surface area contributed by atoms with E-state index in [0.717, 1.165) is 12.1 Å². The van der Waals surface area contributed by atoms with E-state index in [1.54, 1.807) is 0 Å². The van der Waals surface area contributed by atoms with E-state index in [9.17, 15) is 19.3 Å². The fraction of sp³-hybridized carbons (Fsp3) is 0.0625. The Morgan fingerprint density at radius 1 is 1.25 bits per heavy atom. The summed E-state index contributed by atoms with van der Waals surface area (Å²) in [5, 5.41) is 13.6. The highest BCUT2D eigenvalue weighted by atomic mass is 19.1. The van der Waals surface area contributed by atoms with Crippen molar-refractivity contribution in [3.63, 3.8) is 0 Å². The maximum atomic E-state index is 13.1. The molecule has 0 saturated heterocycles. The van der Waals surface area contributed by atoms with Gasteiger partial charge < -0.3 is 14.8 Å². The summed E-state index contributed by atoms with van der Waals surface area (Å²) in [7, 11) is 0. The van der Waals surface area contributed by atoms with Crippen molar-refractivity contribution in [3.8, 4) is 11.5 Å². The van der Waals surface area contributed by atoms with E-state index < -0.39 is 16.6 Å². The molecule has 122 valence electrons. The first-order chi connectivity index (χ1) is 11.5. The molecule has 8 heteroatoms. The molecule has 7 nitrogen and oxygen atoms in total. The number of ether oxygens (including phenoxy) is 2. The van der Waals surface area contributed by atoms with Gasteiger partial charge in [-0.25, -0.2) is 4.39 Å². The third-order valence-electron chi connectivity index (χ3n) is 3.22. The monoisotopic (exact) mass is 330 g/mol. The van der Waals surface area contributed by atoms with Crippen LogP contribution in [0.4, 0.5) is 15.8 Å². The number of anilines is 1. The number of carbonyl (C=O) groups excluding carboxylic acids is 1. The molecular formula is C16H11FN2O5. The number of nitro groups is 1. The van der Waals surface area contributed by atoms with Gasteiger partial charge in [0.2, 0.25) is 12.7 Å². The van der Waals surface area contributed by atoms with Gasteiger partial charge in [-0.1, -0.05) is 6.07 Å². The van der Waals surface area contributed by atoms with E-state index >= 15 is 0 Å². The summed E-state index contributed by atoms with van der Waals surface area (Å²) in [6.45, 7) is -0.0142. The van der Waals surface area contributed by atoms with Gasteiger partial charge in [0.1, 0.15) is 5.82 Å². The highest BCUT2D eigenvalue weighted by Crippen LogP contribution is 2.38. The molecule has 0 fully saturated rings. The molecule has 0 radical (unpaired) electrons. The molecule has 0 atom stereocenters. The SMILES string of the molecule is O=C(/C=C/c1cc2c(cc1[N+](=O)[O-])OCO2)Nc1cccc(F)c1. The third-order valence-corrected chi connectivity index (χ3v) is 3.22. The maximum Gasteiger partial charge on any atom is 0.280 e. The van der Waals surface area contributed by atoms with Crippen LogP contribution in [0.3, 0.4) is 0 Å². The second-order valence-corrected chi connectivity index (χ2v) is 4.85. The number of benzene rings is 2. The van der Waals surface area contributed by atoms with Crippen molar-refractivity contribution >= 4 is 23.4 Å². The lowest BCUT2D eigenvalue weighted by atomic mass is 10.1. The summed E-state index contributed by atoms with van der Waals surface area (Å²) >= 11 is 0. The first-order valence-electron chi connectivity index (χ1n) is 6.85. The summed E-state index contributed by atoms with van der Waals surface area (Å²) in [5.74, 6) is -0.385. The van der Waals surface area contributed by atoms with Crippen LogP contribution in [0.1, 0.15) is 5.56 Å². The molecule has 0 spiro atoms. The molecule has 0 aromatic heterocycles. The third kappa shape index (κ3) is 3.32. The standard InChI is InChI=1S/C16H11FN2O5/c17-11-2-1-3-12(7-11)18-16(20)5-4-10-6-14-15(24-9-23-14)8-13(10)19(21)22/h1-8H,9H2,(H,18,20)/b5-4+. The summed E-state index contributed by atoms with van der Waals surface area (Å²) < 4.78 is 23.3. The van der Waals surface area contributed by atoms with Gasteiger partial charge in [-0.15, -0.1) is 0 Å². The average Bonchev–Trinajstić information content (AvgIpc) is 2.99. The zero-order valence-electron chi connectivity index (χ0n) is 12.2. The van der Waals surface area contributed by atoms with Crippen molar-refractivity contribution < 1.29 is 23.6 Å². The van der Waals surface area contributed by atoms with Gasteiger partial charge in [-0.05, 0) is 30.3 Å². The smallest absolute Gasteiger partial charge is 0.280 e. The van der Waals surface area contributed by atoms with Crippen LogP contribution in [0.5, 0.6) is 11.5 Å². The van der Waals surface area contributed by atoms with E-state index in [1.165, 1.54) is 36.4 Å². The fourth-order valence-corrected chi connectivity index (χ4v) is 2.15. The molecule has 1 N–H and O–H groups in total. The van der Waals surface area contributed by atoms with Crippen LogP contribution < -0.4 is 14.8 Å². The number of nitrogens with zero attached hydrogens (tertiary/aromatic N) is 1. The van der Waals surface area contributed by atoms with E-state index in [2.05, 4.69) is 5.32 Å². The number of hydrogen-bond acceptors (Lipinski definition) is 5. The van der Waals surface area contributed by atoms with Crippen molar-refractivity contribution in [2.45, 2.75) is 0 Å². The van der Waals surface area contributed by atoms with Gasteiger partial charge in [-0.3, -0.25) is 14.9 Å². The summed E-state index contributed by atoms with van der Waals surface area (Å²) in [6, 6.07) is 8.06. The predicted molar refractivity (Wildman–Crippen MR) is 83.3 cm³/mol. The predicted octanol–water partition coefficient (Wildman–Crippen LogP) is 3.11. The van der Waals surface area contributed by atoms with Crippen molar-refractivity contribution in [1.29, 1.82) is 0 Å². The van der Waals surface area contributed by atoms with Crippen LogP contribution in [0.15, 0.2) is 42.5 Å². The van der Waals surface area contributed by atoms with Crippen LogP contribution in [-0.4, -0.2) is 17.6 Å². The Morgan fingerprint density at radius 2 is 2.00 bits per heavy atom. The number of nitro benzene ring substituents is 1. The molecular weight excluding hydrogens is 319 g/mol. The zero-order valence-corrected chi connectivity index (χ0v) is 12.2. The lowest BCUT2D eigenvalue weighted by Crippen LogP contribution is -2.07. The molecule has 1 heterocycles. The summed E-state index contributed by atoms with van der Waals surface area (Å²) in [5.41, 5.74) is 0.262. The second kappa shape index (κ2) is 6.37. The van der Waals surface area contributed by atoms with Crippen molar-refractivity contribution in [2.75, 3.05) is 12.1 Å². The average molecular weight is 330 g/mol. The second-order valence-electron chi connectivity index (χ2n) is 4.85. The van der Waals surface area contributed by atoms with E-state index in [1.807, 2.05) is 0 Å². The molecule has 0 bridgehead atoms. The van der Waals surface area contributed by atoms with Crippen LogP contribution in [-0.2, 0) is 4.79 Å². The zero-order chi connectivity index (χ0) is 17.1. The molecule has 2 aromatic rings. The van der Waals surface area contributed by atoms with Crippen molar-refractivity contribution in [1.82, 2.24) is 0 Å². The van der Waals surface area contributed by atoms with Crippen LogP contribution in [0.2, 0.25) is 0 Å². The fourth-order valence-electron chi connectivity index (χ4n) is 2.15. The van der Waals surface area contributed by atoms with Gasteiger partial charge in [-0.2, -0.15) is 0 Å². The molecule has 1 aliphatic rings. The Bertz CT molecular complexity index is 850. The maximum absolute atomic E-state index is 13.1. The van der Waals surface area contributed by atoms with Gasteiger partial charge in [0.05, 0.1) is 16.6 Å². The minimum atomic E-state index is -0.577. The van der Waals surface area contributed by atoms with Crippen LogP contribution in [0.25, 0.3) is 6.08 Å². The first kappa shape index (κ1) is 15.5. The van der Waals surface area contributed by atoms with E-state index in [4.69, 9.17) is 9.47 Å². The molecule has 0 aliphatic carbocycles. The van der Waals surface area contributed by atoms with Gasteiger partial charge >= 0.3 is 0 Å². The molecule has 3 rings (SSSR count). The number of amides is 1. The lowest BCUT2D eigenvalue weighted by molar-refractivity contribution is -0.385. The number of nitrogens with one attached hydrogen (secondary N) is 1. The minimum Gasteiger partial charge on any atom is -0.454 e. The Labute approximate surface area is 135 Å². The quantitative estimate of drug-likeness (QED) is 0.528. The topological polar surface area (TPSA) is 90.7 Å². The molecule has 1 amide bonds. The molecule has 0 saturated carbocycles. The number of hydrogen-bond donors (Lipinski definition) is 1. The van der Waals surface area contributed by atoms with Crippen LogP contribution in [0, 0.1) is 15.9 Å². The van der Waals surface area contributed by atoms with Crippen LogP contribution >= 0.6 is 0 Å². The number of fused-ring (bicyclic) bond motifs is 1. The summed E-state index contributed by atoms with van der Waals surface area (Å²) in [6.07, 6.45) is 2.41. The number of halogens is 1. The Morgan fingerprint density at radius 3 is 2.71 bits per heavy atom. The van der Waals surface area contributed by atoms with Gasteiger partial charge in [0.25, 0.3) is 5.69 Å². The number of rotatable bonds is 4. The highest BCUT2D eigenvalue weighted by molar-refractivity contribution is 6.02. The Balaban J connectivity index is 1.81. The Hall–Kier alpha value is -3.42. The molecule has 0 unspecified atom stereocenters. The normalized spacial score (nSPS) is 12.4. The number of carbonyl (C=O) groups is 1. The summed E-state index contributed by atoms with van der Waals surface area (Å²) in [4.78, 5) is 22.4. The Kier molecular flexibility index (Phi) is 4.11. The minimum absolute atomic E-state index is 0.0142. The molecule has 2 aromatic carbocycles. The van der Waals surface area contributed by atoms with Crippen molar-refractivity contribution in [3.05, 3.63) is 64.0 Å². The molecule has 1 aliphatic heterocycles. The van der Waals surface area contributed by atoms with Gasteiger partial charge in [0.15, 0.2) is 11.5 Å².